The van der Waals surface area contributed by atoms with Gasteiger partial charge in [-0.05, 0) is 49.8 Å². The van der Waals surface area contributed by atoms with Gasteiger partial charge in [0.1, 0.15) is 17.6 Å². The van der Waals surface area contributed by atoms with Crippen LogP contribution in [0.4, 0.5) is 0 Å². The Morgan fingerprint density at radius 1 is 1.13 bits per heavy atom. The van der Waals surface area contributed by atoms with Crippen molar-refractivity contribution in [1.82, 2.24) is 9.80 Å². The number of carbonyl (C=O) groups is 2. The minimum atomic E-state index is -0.0289. The molecule has 3 rings (SSSR count). The third-order valence-electron chi connectivity index (χ3n) is 6.17. The first-order valence-electron chi connectivity index (χ1n) is 11.0. The van der Waals surface area contributed by atoms with E-state index >= 15 is 0 Å². The number of hydrogen-bond donors (Lipinski definition) is 1. The Bertz CT molecular complexity index is 730. The standard InChI is InChI=1S/C23H34N2O5/c1-17(27)24-12-9-19(10-13-24)30-22-8-7-20(29-2)15-21(22)23(28)25-11-3-5-18(16-25)6-4-14-26/h7-8,15,18-19,26H,3-6,9-14,16H2,1-2H3/t18-/m1/s1. The Morgan fingerprint density at radius 2 is 1.90 bits per heavy atom. The van der Waals surface area contributed by atoms with Gasteiger partial charge in [0.25, 0.3) is 5.91 Å². The van der Waals surface area contributed by atoms with Crippen LogP contribution < -0.4 is 9.47 Å². The first-order valence-corrected chi connectivity index (χ1v) is 11.0. The monoisotopic (exact) mass is 418 g/mol. The molecule has 1 atom stereocenters. The molecular weight excluding hydrogens is 384 g/mol. The van der Waals surface area contributed by atoms with E-state index in [1.54, 1.807) is 20.1 Å². The molecule has 2 saturated heterocycles. The molecule has 0 unspecified atom stereocenters. The number of aliphatic hydroxyl groups excluding tert-OH is 1. The molecule has 30 heavy (non-hydrogen) atoms. The third kappa shape index (κ3) is 5.65. The SMILES string of the molecule is COc1ccc(OC2CCN(C(C)=O)CC2)c(C(=O)N2CCC[C@H](CCCO)C2)c1. The van der Waals surface area contributed by atoms with E-state index in [4.69, 9.17) is 14.6 Å². The Labute approximate surface area is 178 Å². The van der Waals surface area contributed by atoms with Crippen LogP contribution in [0.25, 0.3) is 0 Å². The predicted molar refractivity (Wildman–Crippen MR) is 114 cm³/mol. The van der Waals surface area contributed by atoms with Crippen molar-refractivity contribution in [1.29, 1.82) is 0 Å². The summed E-state index contributed by atoms with van der Waals surface area (Å²) >= 11 is 0. The van der Waals surface area contributed by atoms with Crippen molar-refractivity contribution in [3.8, 4) is 11.5 Å². The topological polar surface area (TPSA) is 79.3 Å². The molecule has 1 N–H and O–H groups in total. The van der Waals surface area contributed by atoms with Crippen LogP contribution in [0, 0.1) is 5.92 Å². The molecule has 0 saturated carbocycles. The van der Waals surface area contributed by atoms with Gasteiger partial charge in [-0.2, -0.15) is 0 Å². The van der Waals surface area contributed by atoms with Crippen molar-refractivity contribution >= 4 is 11.8 Å². The number of aliphatic hydroxyl groups is 1. The molecule has 0 aliphatic carbocycles. The number of ether oxygens (including phenoxy) is 2. The van der Waals surface area contributed by atoms with Gasteiger partial charge in [-0.1, -0.05) is 0 Å². The second-order valence-corrected chi connectivity index (χ2v) is 8.31. The maximum absolute atomic E-state index is 13.4. The number of hydrogen-bond acceptors (Lipinski definition) is 5. The van der Waals surface area contributed by atoms with E-state index in [9.17, 15) is 9.59 Å². The fraction of sp³-hybridized carbons (Fsp3) is 0.652. The van der Waals surface area contributed by atoms with Gasteiger partial charge < -0.3 is 24.4 Å². The highest BCUT2D eigenvalue weighted by Gasteiger charge is 2.28. The van der Waals surface area contributed by atoms with Gasteiger partial charge in [-0.3, -0.25) is 9.59 Å². The second kappa shape index (κ2) is 10.7. The van der Waals surface area contributed by atoms with Crippen LogP contribution in [-0.4, -0.2) is 72.7 Å². The third-order valence-corrected chi connectivity index (χ3v) is 6.17. The smallest absolute Gasteiger partial charge is 0.257 e. The van der Waals surface area contributed by atoms with E-state index in [0.29, 0.717) is 42.6 Å². The molecule has 1 aromatic carbocycles. The maximum atomic E-state index is 13.4. The van der Waals surface area contributed by atoms with Crippen molar-refractivity contribution in [2.75, 3.05) is 39.9 Å². The highest BCUT2D eigenvalue weighted by Crippen LogP contribution is 2.30. The van der Waals surface area contributed by atoms with Gasteiger partial charge in [0, 0.05) is 52.6 Å². The molecule has 0 bridgehead atoms. The summed E-state index contributed by atoms with van der Waals surface area (Å²) in [5.41, 5.74) is 0.533. The van der Waals surface area contributed by atoms with Gasteiger partial charge in [0.05, 0.1) is 12.7 Å². The van der Waals surface area contributed by atoms with Crippen molar-refractivity contribution in [2.45, 2.75) is 51.6 Å². The van der Waals surface area contributed by atoms with E-state index < -0.39 is 0 Å². The molecule has 0 aromatic heterocycles. The fourth-order valence-electron chi connectivity index (χ4n) is 4.41. The van der Waals surface area contributed by atoms with Crippen LogP contribution in [0.3, 0.4) is 0 Å². The van der Waals surface area contributed by atoms with Crippen molar-refractivity contribution in [3.63, 3.8) is 0 Å². The summed E-state index contributed by atoms with van der Waals surface area (Å²) < 4.78 is 11.6. The molecule has 7 heteroatoms. The van der Waals surface area contributed by atoms with Gasteiger partial charge in [0.2, 0.25) is 5.91 Å². The Kier molecular flexibility index (Phi) is 7.96. The Morgan fingerprint density at radius 3 is 2.57 bits per heavy atom. The summed E-state index contributed by atoms with van der Waals surface area (Å²) in [7, 11) is 1.59. The molecular formula is C23H34N2O5. The molecule has 7 nitrogen and oxygen atoms in total. The van der Waals surface area contributed by atoms with Crippen LogP contribution in [0.1, 0.15) is 55.8 Å². The van der Waals surface area contributed by atoms with Crippen LogP contribution in [0.15, 0.2) is 18.2 Å². The molecule has 2 amide bonds. The largest absolute Gasteiger partial charge is 0.497 e. The molecule has 2 fully saturated rings. The molecule has 166 valence electrons. The van der Waals surface area contributed by atoms with Crippen LogP contribution in [0.5, 0.6) is 11.5 Å². The summed E-state index contributed by atoms with van der Waals surface area (Å²) in [6, 6.07) is 5.40. The lowest BCUT2D eigenvalue weighted by atomic mass is 9.93. The lowest BCUT2D eigenvalue weighted by Gasteiger charge is -2.34. The predicted octanol–water partition coefficient (Wildman–Crippen LogP) is 2.71. The van der Waals surface area contributed by atoms with E-state index in [1.807, 2.05) is 21.9 Å². The number of benzene rings is 1. The van der Waals surface area contributed by atoms with Crippen LogP contribution in [0.2, 0.25) is 0 Å². The maximum Gasteiger partial charge on any atom is 0.257 e. The highest BCUT2D eigenvalue weighted by atomic mass is 16.5. The molecule has 2 aliphatic heterocycles. The number of rotatable bonds is 7. The lowest BCUT2D eigenvalue weighted by Crippen LogP contribution is -2.41. The number of nitrogens with zero attached hydrogens (tertiary/aromatic N) is 2. The van der Waals surface area contributed by atoms with Crippen LogP contribution >= 0.6 is 0 Å². The zero-order chi connectivity index (χ0) is 21.5. The number of amides is 2. The van der Waals surface area contributed by atoms with E-state index in [1.165, 1.54) is 0 Å². The van der Waals surface area contributed by atoms with E-state index in [-0.39, 0.29) is 24.5 Å². The zero-order valence-electron chi connectivity index (χ0n) is 18.1. The summed E-state index contributed by atoms with van der Waals surface area (Å²) in [5, 5.41) is 9.11. The van der Waals surface area contributed by atoms with Gasteiger partial charge in [-0.25, -0.2) is 0 Å². The normalized spacial score (nSPS) is 20.2. The number of methoxy groups -OCH3 is 1. The van der Waals surface area contributed by atoms with Gasteiger partial charge in [-0.15, -0.1) is 0 Å². The average Bonchev–Trinajstić information content (AvgIpc) is 2.78. The average molecular weight is 419 g/mol. The molecule has 2 aliphatic rings. The highest BCUT2D eigenvalue weighted by molar-refractivity contribution is 5.97. The first-order chi connectivity index (χ1) is 14.5. The molecule has 0 spiro atoms. The number of carbonyl (C=O) groups excluding carboxylic acids is 2. The van der Waals surface area contributed by atoms with Crippen molar-refractivity contribution in [3.05, 3.63) is 23.8 Å². The fourth-order valence-corrected chi connectivity index (χ4v) is 4.41. The van der Waals surface area contributed by atoms with Gasteiger partial charge >= 0.3 is 0 Å². The van der Waals surface area contributed by atoms with E-state index in [0.717, 1.165) is 45.1 Å². The quantitative estimate of drug-likeness (QED) is 0.737. The summed E-state index contributed by atoms with van der Waals surface area (Å²) in [5.74, 6) is 1.71. The number of likely N-dealkylation sites (tertiary alicyclic amines) is 2. The molecule has 2 heterocycles. The number of piperidine rings is 2. The summed E-state index contributed by atoms with van der Waals surface area (Å²) in [6.07, 6.45) is 5.29. The molecule has 0 radical (unpaired) electrons. The molecule has 1 aromatic rings. The lowest BCUT2D eigenvalue weighted by molar-refractivity contribution is -0.130. The summed E-state index contributed by atoms with van der Waals surface area (Å²) in [4.78, 5) is 28.7. The van der Waals surface area contributed by atoms with Crippen molar-refractivity contribution < 1.29 is 24.2 Å². The Hall–Kier alpha value is -2.28. The Balaban J connectivity index is 1.71. The van der Waals surface area contributed by atoms with Gasteiger partial charge in [0.15, 0.2) is 0 Å². The first kappa shape index (κ1) is 22.4. The minimum Gasteiger partial charge on any atom is -0.497 e. The van der Waals surface area contributed by atoms with Crippen molar-refractivity contribution in [2.24, 2.45) is 5.92 Å². The van der Waals surface area contributed by atoms with Crippen LogP contribution in [-0.2, 0) is 4.79 Å². The minimum absolute atomic E-state index is 0.0146. The van der Waals surface area contributed by atoms with E-state index in [2.05, 4.69) is 0 Å². The second-order valence-electron chi connectivity index (χ2n) is 8.31. The zero-order valence-corrected chi connectivity index (χ0v) is 18.1. The summed E-state index contributed by atoms with van der Waals surface area (Å²) in [6.45, 7) is 4.60.